The highest BCUT2D eigenvalue weighted by molar-refractivity contribution is 5.90. The molecule has 0 aromatic heterocycles. The van der Waals surface area contributed by atoms with Gasteiger partial charge in [-0.3, -0.25) is 0 Å². The van der Waals surface area contributed by atoms with E-state index in [9.17, 15) is 0 Å². The second-order valence-electron chi connectivity index (χ2n) is 7.87. The lowest BCUT2D eigenvalue weighted by atomic mass is 9.94. The predicted octanol–water partition coefficient (Wildman–Crippen LogP) is 6.34. The molecule has 0 saturated heterocycles. The number of hydrogen-bond donors (Lipinski definition) is 0. The first-order valence-electron chi connectivity index (χ1n) is 9.88. The molecule has 29 heavy (non-hydrogen) atoms. The summed E-state index contributed by atoms with van der Waals surface area (Å²) in [5, 5.41) is 0. The first kappa shape index (κ1) is 19.1. The Morgan fingerprint density at radius 3 is 2.07 bits per heavy atom. The van der Waals surface area contributed by atoms with Gasteiger partial charge in [0.2, 0.25) is 0 Å². The van der Waals surface area contributed by atoms with Crippen LogP contribution < -0.4 is 9.47 Å². The van der Waals surface area contributed by atoms with Crippen LogP contribution in [0.2, 0.25) is 0 Å². The van der Waals surface area contributed by atoms with Gasteiger partial charge in [-0.25, -0.2) is 0 Å². The third-order valence-corrected chi connectivity index (χ3v) is 5.06. The molecule has 1 heterocycles. The minimum atomic E-state index is -0.229. The zero-order valence-electron chi connectivity index (χ0n) is 17.1. The minimum absolute atomic E-state index is 0.229. The van der Waals surface area contributed by atoms with Crippen LogP contribution in [0.15, 0.2) is 78.9 Å². The summed E-state index contributed by atoms with van der Waals surface area (Å²) in [6, 6.07) is 26.5. The number of hydrogen-bond acceptors (Lipinski definition) is 3. The lowest BCUT2D eigenvalue weighted by Crippen LogP contribution is -2.17. The Morgan fingerprint density at radius 2 is 1.41 bits per heavy atom. The summed E-state index contributed by atoms with van der Waals surface area (Å²) >= 11 is 0. The average Bonchev–Trinajstić information content (AvgIpc) is 3.09. The van der Waals surface area contributed by atoms with Gasteiger partial charge in [-0.1, -0.05) is 42.5 Å². The normalized spacial score (nSPS) is 15.1. The molecule has 0 fully saturated rings. The minimum Gasteiger partial charge on any atom is -0.497 e. The van der Waals surface area contributed by atoms with Crippen LogP contribution in [0.1, 0.15) is 37.0 Å². The summed E-state index contributed by atoms with van der Waals surface area (Å²) < 4.78 is 17.5. The zero-order valence-corrected chi connectivity index (χ0v) is 17.1. The van der Waals surface area contributed by atoms with Crippen molar-refractivity contribution in [1.82, 2.24) is 0 Å². The quantitative estimate of drug-likeness (QED) is 0.495. The molecule has 0 unspecified atom stereocenters. The molecule has 3 nitrogen and oxygen atoms in total. The number of methoxy groups -OCH3 is 1. The molecule has 0 amide bonds. The van der Waals surface area contributed by atoms with E-state index in [0.717, 1.165) is 40.4 Å². The number of ether oxygens (including phenoxy) is 3. The summed E-state index contributed by atoms with van der Waals surface area (Å²) in [7, 11) is 1.68. The Kier molecular flexibility index (Phi) is 5.30. The molecule has 3 aromatic carbocycles. The van der Waals surface area contributed by atoms with Gasteiger partial charge in [-0.2, -0.15) is 0 Å². The SMILES string of the molecule is COc1ccc(C2=C(c3ccc(OCc4ccccc4)cc3)CC(C)(C)O2)cc1. The smallest absolute Gasteiger partial charge is 0.131 e. The Hall–Kier alpha value is -3.20. The number of rotatable bonds is 6. The van der Waals surface area contributed by atoms with Crippen LogP contribution in [0, 0.1) is 0 Å². The molecular weight excluding hydrogens is 360 g/mol. The Morgan fingerprint density at radius 1 is 0.793 bits per heavy atom. The molecule has 0 spiro atoms. The topological polar surface area (TPSA) is 27.7 Å². The maximum absolute atomic E-state index is 6.32. The maximum Gasteiger partial charge on any atom is 0.131 e. The third kappa shape index (κ3) is 4.45. The van der Waals surface area contributed by atoms with Crippen LogP contribution in [0.3, 0.4) is 0 Å². The van der Waals surface area contributed by atoms with Crippen molar-refractivity contribution in [3.8, 4) is 11.5 Å². The van der Waals surface area contributed by atoms with Crippen molar-refractivity contribution in [1.29, 1.82) is 0 Å². The van der Waals surface area contributed by atoms with Gasteiger partial charge in [0.15, 0.2) is 0 Å². The van der Waals surface area contributed by atoms with Crippen molar-refractivity contribution in [2.45, 2.75) is 32.5 Å². The molecule has 1 aliphatic rings. The van der Waals surface area contributed by atoms with Crippen molar-refractivity contribution in [2.24, 2.45) is 0 Å². The predicted molar refractivity (Wildman–Crippen MR) is 117 cm³/mol. The zero-order chi connectivity index (χ0) is 20.3. The van der Waals surface area contributed by atoms with Crippen LogP contribution in [0.5, 0.6) is 11.5 Å². The molecule has 0 N–H and O–H groups in total. The Labute approximate surface area is 172 Å². The Balaban J connectivity index is 1.56. The molecule has 0 radical (unpaired) electrons. The molecule has 0 aliphatic carbocycles. The summed E-state index contributed by atoms with van der Waals surface area (Å²) in [4.78, 5) is 0. The van der Waals surface area contributed by atoms with Gasteiger partial charge in [0, 0.05) is 17.6 Å². The van der Waals surface area contributed by atoms with Gasteiger partial charge in [0.25, 0.3) is 0 Å². The molecule has 4 rings (SSSR count). The fourth-order valence-electron chi connectivity index (χ4n) is 3.58. The van der Waals surface area contributed by atoms with Crippen LogP contribution in [-0.2, 0) is 11.3 Å². The van der Waals surface area contributed by atoms with E-state index in [2.05, 4.69) is 38.1 Å². The van der Waals surface area contributed by atoms with E-state index in [4.69, 9.17) is 14.2 Å². The first-order valence-corrected chi connectivity index (χ1v) is 9.88. The van der Waals surface area contributed by atoms with Gasteiger partial charge >= 0.3 is 0 Å². The van der Waals surface area contributed by atoms with Gasteiger partial charge in [0.05, 0.1) is 7.11 Å². The van der Waals surface area contributed by atoms with E-state index in [-0.39, 0.29) is 5.60 Å². The van der Waals surface area contributed by atoms with Crippen molar-refractivity contribution in [3.63, 3.8) is 0 Å². The van der Waals surface area contributed by atoms with E-state index >= 15 is 0 Å². The van der Waals surface area contributed by atoms with Crippen LogP contribution in [0.25, 0.3) is 11.3 Å². The van der Waals surface area contributed by atoms with Crippen LogP contribution in [0.4, 0.5) is 0 Å². The van der Waals surface area contributed by atoms with Crippen molar-refractivity contribution in [3.05, 3.63) is 95.6 Å². The molecule has 0 atom stereocenters. The Bertz CT molecular complexity index is 984. The summed E-state index contributed by atoms with van der Waals surface area (Å²) in [5.41, 5.74) is 4.37. The van der Waals surface area contributed by atoms with E-state index in [1.807, 2.05) is 54.6 Å². The van der Waals surface area contributed by atoms with Crippen LogP contribution >= 0.6 is 0 Å². The molecule has 3 heteroatoms. The molecule has 3 aromatic rings. The van der Waals surface area contributed by atoms with Gasteiger partial charge in [-0.05, 0) is 61.4 Å². The second kappa shape index (κ2) is 8.04. The molecule has 0 bridgehead atoms. The maximum atomic E-state index is 6.32. The fraction of sp³-hybridized carbons (Fsp3) is 0.231. The van der Waals surface area contributed by atoms with E-state index < -0.39 is 0 Å². The average molecular weight is 386 g/mol. The van der Waals surface area contributed by atoms with Gasteiger partial charge in [0.1, 0.15) is 29.5 Å². The standard InChI is InChI=1S/C26H26O3/c1-26(2)17-24(25(29-26)21-11-13-22(27-3)14-12-21)20-9-15-23(16-10-20)28-18-19-7-5-4-6-8-19/h4-16H,17-18H2,1-3H3. The lowest BCUT2D eigenvalue weighted by molar-refractivity contribution is 0.101. The van der Waals surface area contributed by atoms with Crippen molar-refractivity contribution in [2.75, 3.05) is 7.11 Å². The fourth-order valence-corrected chi connectivity index (χ4v) is 3.58. The van der Waals surface area contributed by atoms with E-state index in [0.29, 0.717) is 6.61 Å². The highest BCUT2D eigenvalue weighted by atomic mass is 16.5. The highest BCUT2D eigenvalue weighted by Crippen LogP contribution is 2.44. The summed E-state index contributed by atoms with van der Waals surface area (Å²) in [6.45, 7) is 4.82. The molecule has 1 aliphatic heterocycles. The monoisotopic (exact) mass is 386 g/mol. The largest absolute Gasteiger partial charge is 0.497 e. The molecule has 0 saturated carbocycles. The summed E-state index contributed by atoms with van der Waals surface area (Å²) in [5.74, 6) is 2.64. The number of benzene rings is 3. The van der Waals surface area contributed by atoms with Crippen LogP contribution in [-0.4, -0.2) is 12.7 Å². The second-order valence-corrected chi connectivity index (χ2v) is 7.87. The highest BCUT2D eigenvalue weighted by Gasteiger charge is 2.33. The van der Waals surface area contributed by atoms with Crippen molar-refractivity contribution < 1.29 is 14.2 Å². The van der Waals surface area contributed by atoms with Crippen molar-refractivity contribution >= 4 is 11.3 Å². The lowest BCUT2D eigenvalue weighted by Gasteiger charge is -2.19. The first-order chi connectivity index (χ1) is 14.0. The van der Waals surface area contributed by atoms with E-state index in [1.165, 1.54) is 5.57 Å². The molecule has 148 valence electrons. The van der Waals surface area contributed by atoms with Gasteiger partial charge in [-0.15, -0.1) is 0 Å². The van der Waals surface area contributed by atoms with Gasteiger partial charge < -0.3 is 14.2 Å². The van der Waals surface area contributed by atoms with E-state index in [1.54, 1.807) is 7.11 Å². The summed E-state index contributed by atoms with van der Waals surface area (Å²) in [6.07, 6.45) is 0.860. The third-order valence-electron chi connectivity index (χ3n) is 5.06. The molecular formula is C26H26O3.